The average Bonchev–Trinajstić information content (AvgIpc) is 3.27. The first-order valence-electron chi connectivity index (χ1n) is 10.6. The van der Waals surface area contributed by atoms with E-state index in [-0.39, 0.29) is 10.8 Å². The van der Waals surface area contributed by atoms with Crippen LogP contribution in [0.1, 0.15) is 20.3 Å². The largest absolute Gasteiger partial charge is 0.360 e. The van der Waals surface area contributed by atoms with Crippen molar-refractivity contribution >= 4 is 44.5 Å². The van der Waals surface area contributed by atoms with Crippen molar-refractivity contribution in [2.45, 2.75) is 25.2 Å². The van der Waals surface area contributed by atoms with E-state index in [1.54, 1.807) is 18.3 Å². The van der Waals surface area contributed by atoms with Crippen molar-refractivity contribution in [3.05, 3.63) is 48.9 Å². The van der Waals surface area contributed by atoms with Crippen LogP contribution in [0, 0.1) is 0 Å². The number of sulfonamides is 1. The van der Waals surface area contributed by atoms with Crippen LogP contribution in [0.4, 0.5) is 17.5 Å². The number of pyridine rings is 1. The Bertz CT molecular complexity index is 1430. The van der Waals surface area contributed by atoms with Gasteiger partial charge in [-0.3, -0.25) is 4.79 Å². The van der Waals surface area contributed by atoms with Crippen LogP contribution in [-0.4, -0.2) is 52.8 Å². The van der Waals surface area contributed by atoms with E-state index in [4.69, 9.17) is 0 Å². The number of aromatic nitrogens is 5. The van der Waals surface area contributed by atoms with Gasteiger partial charge in [0.05, 0.1) is 11.2 Å². The third-order valence-electron chi connectivity index (χ3n) is 4.94. The first-order chi connectivity index (χ1) is 16.3. The molecule has 0 aliphatic carbocycles. The molecular weight excluding hydrogens is 456 g/mol. The zero-order valence-corrected chi connectivity index (χ0v) is 19.7. The minimum Gasteiger partial charge on any atom is -0.360 e. The van der Waals surface area contributed by atoms with E-state index in [2.05, 4.69) is 42.1 Å². The van der Waals surface area contributed by atoms with Gasteiger partial charge in [-0.25, -0.2) is 28.1 Å². The summed E-state index contributed by atoms with van der Waals surface area (Å²) in [7, 11) is -1.98. The van der Waals surface area contributed by atoms with Crippen molar-refractivity contribution in [3.8, 4) is 11.3 Å². The van der Waals surface area contributed by atoms with E-state index in [1.165, 1.54) is 18.5 Å². The van der Waals surface area contributed by atoms with Gasteiger partial charge in [0.1, 0.15) is 17.0 Å². The maximum Gasteiger partial charge on any atom is 0.264 e. The van der Waals surface area contributed by atoms with E-state index < -0.39 is 15.9 Å². The molecule has 0 fully saturated rings. The average molecular weight is 481 g/mol. The topological polar surface area (TPSA) is 146 Å². The summed E-state index contributed by atoms with van der Waals surface area (Å²) in [5.74, 6) is 0.419. The zero-order chi connectivity index (χ0) is 24.3. The molecule has 1 amide bonds. The van der Waals surface area contributed by atoms with Crippen LogP contribution in [0.5, 0.6) is 0 Å². The highest BCUT2D eigenvalue weighted by Gasteiger charge is 2.17. The molecule has 3 heterocycles. The van der Waals surface area contributed by atoms with Gasteiger partial charge in [0.15, 0.2) is 5.65 Å². The molecule has 11 nitrogen and oxygen atoms in total. The molecule has 0 saturated heterocycles. The summed E-state index contributed by atoms with van der Waals surface area (Å²) in [6.45, 7) is 4.15. The number of hydrogen-bond donors (Lipinski definition) is 3. The number of imidazole rings is 1. The summed E-state index contributed by atoms with van der Waals surface area (Å²) in [5, 5.41) is 3.03. The van der Waals surface area contributed by atoms with Gasteiger partial charge in [-0.1, -0.05) is 13.0 Å². The number of carbonyl (C=O) groups is 1. The third kappa shape index (κ3) is 4.96. The number of benzene rings is 1. The summed E-state index contributed by atoms with van der Waals surface area (Å²) >= 11 is 0. The van der Waals surface area contributed by atoms with E-state index >= 15 is 0 Å². The molecule has 0 unspecified atom stereocenters. The summed E-state index contributed by atoms with van der Waals surface area (Å²) in [5.41, 5.74) is 2.91. The normalized spacial score (nSPS) is 11.4. The minimum absolute atomic E-state index is 0.0650. The Morgan fingerprint density at radius 3 is 2.68 bits per heavy atom. The lowest BCUT2D eigenvalue weighted by atomic mass is 10.2. The van der Waals surface area contributed by atoms with Gasteiger partial charge in [0.2, 0.25) is 11.9 Å². The molecule has 12 heteroatoms. The van der Waals surface area contributed by atoms with Crippen molar-refractivity contribution < 1.29 is 13.2 Å². The third-order valence-corrected chi connectivity index (χ3v) is 6.37. The molecule has 0 aliphatic heterocycles. The molecule has 0 bridgehead atoms. The minimum atomic E-state index is -3.98. The Morgan fingerprint density at radius 1 is 1.15 bits per heavy atom. The summed E-state index contributed by atoms with van der Waals surface area (Å²) in [6.07, 6.45) is 4.29. The molecule has 0 aliphatic rings. The summed E-state index contributed by atoms with van der Waals surface area (Å²) in [4.78, 5) is 34.1. The fourth-order valence-electron chi connectivity index (χ4n) is 3.42. The molecule has 4 rings (SSSR count). The van der Waals surface area contributed by atoms with E-state index in [0.717, 1.165) is 31.3 Å². The zero-order valence-electron chi connectivity index (χ0n) is 18.9. The lowest BCUT2D eigenvalue weighted by molar-refractivity contribution is -0.117. The van der Waals surface area contributed by atoms with E-state index in [9.17, 15) is 13.2 Å². The smallest absolute Gasteiger partial charge is 0.264 e. The first-order valence-corrected chi connectivity index (χ1v) is 12.0. The van der Waals surface area contributed by atoms with Gasteiger partial charge in [-0.15, -0.1) is 0 Å². The van der Waals surface area contributed by atoms with Crippen LogP contribution in [-0.2, 0) is 14.8 Å². The fraction of sp³-hybridized carbons (Fsp3) is 0.227. The van der Waals surface area contributed by atoms with E-state index in [0.29, 0.717) is 22.5 Å². The monoisotopic (exact) mass is 480 g/mol. The second kappa shape index (κ2) is 9.43. The number of aromatic amines is 1. The van der Waals surface area contributed by atoms with Crippen LogP contribution in [0.3, 0.4) is 0 Å². The summed E-state index contributed by atoms with van der Waals surface area (Å²) < 4.78 is 26.6. The Balaban J connectivity index is 1.67. The highest BCUT2D eigenvalue weighted by molar-refractivity contribution is 7.90. The van der Waals surface area contributed by atoms with Crippen LogP contribution >= 0.6 is 0 Å². The van der Waals surface area contributed by atoms with Crippen LogP contribution in [0.2, 0.25) is 0 Å². The molecular formula is C22H24N8O3S. The Kier molecular flexibility index (Phi) is 6.41. The molecule has 3 N–H and O–H groups in total. The number of fused-ring (bicyclic) bond motifs is 1. The van der Waals surface area contributed by atoms with Crippen molar-refractivity contribution in [1.29, 1.82) is 0 Å². The van der Waals surface area contributed by atoms with Gasteiger partial charge in [0, 0.05) is 38.0 Å². The highest BCUT2D eigenvalue weighted by atomic mass is 32.2. The predicted octanol–water partition coefficient (Wildman–Crippen LogP) is 2.83. The lowest BCUT2D eigenvalue weighted by Gasteiger charge is -2.17. The van der Waals surface area contributed by atoms with Crippen LogP contribution in [0.25, 0.3) is 22.4 Å². The van der Waals surface area contributed by atoms with E-state index in [1.807, 2.05) is 23.9 Å². The molecule has 0 atom stereocenters. The summed E-state index contributed by atoms with van der Waals surface area (Å²) in [6, 6.07) is 9.87. The number of amides is 1. The Labute approximate surface area is 196 Å². The van der Waals surface area contributed by atoms with Gasteiger partial charge in [0.25, 0.3) is 10.0 Å². The fourth-order valence-corrected chi connectivity index (χ4v) is 4.45. The molecule has 0 saturated carbocycles. The first kappa shape index (κ1) is 23.1. The standard InChI is InChI=1S/C22H24N8O3S/c1-4-10-30(3)18-9-8-15(12-23-18)19-20-21(25-13-24-20)28-22(27-19)26-16-6-5-7-17(11-16)34(32,33)29-14(2)31/h5-9,11-13H,4,10H2,1-3H3,(H,29,31)(H2,24,25,26,27,28). The van der Waals surface area contributed by atoms with Gasteiger partial charge in [-0.05, 0) is 36.8 Å². The number of hydrogen-bond acceptors (Lipinski definition) is 9. The predicted molar refractivity (Wildman–Crippen MR) is 129 cm³/mol. The van der Waals surface area contributed by atoms with Crippen LogP contribution in [0.15, 0.2) is 53.8 Å². The number of anilines is 3. The number of nitrogens with zero attached hydrogens (tertiary/aromatic N) is 5. The van der Waals surface area contributed by atoms with Crippen molar-refractivity contribution in [3.63, 3.8) is 0 Å². The number of carbonyl (C=O) groups excluding carboxylic acids is 1. The molecule has 0 spiro atoms. The molecule has 1 aromatic carbocycles. The van der Waals surface area contributed by atoms with Gasteiger partial charge in [-0.2, -0.15) is 4.98 Å². The number of H-pyrrole nitrogens is 1. The van der Waals surface area contributed by atoms with Gasteiger partial charge >= 0.3 is 0 Å². The molecule has 0 radical (unpaired) electrons. The van der Waals surface area contributed by atoms with Crippen molar-refractivity contribution in [1.82, 2.24) is 29.6 Å². The quantitative estimate of drug-likeness (QED) is 0.346. The molecule has 34 heavy (non-hydrogen) atoms. The van der Waals surface area contributed by atoms with Crippen LogP contribution < -0.4 is 14.9 Å². The Hall–Kier alpha value is -4.06. The lowest BCUT2D eigenvalue weighted by Crippen LogP contribution is -2.28. The maximum absolute atomic E-state index is 12.3. The highest BCUT2D eigenvalue weighted by Crippen LogP contribution is 2.27. The van der Waals surface area contributed by atoms with Crippen molar-refractivity contribution in [2.24, 2.45) is 0 Å². The number of rotatable bonds is 8. The van der Waals surface area contributed by atoms with Crippen molar-refractivity contribution in [2.75, 3.05) is 23.8 Å². The molecule has 176 valence electrons. The second-order valence-corrected chi connectivity index (χ2v) is 9.32. The Morgan fingerprint density at radius 2 is 1.97 bits per heavy atom. The maximum atomic E-state index is 12.3. The SMILES string of the molecule is CCCN(C)c1ccc(-c2nc(Nc3cccc(S(=O)(=O)NC(C)=O)c3)nc3nc[nH]c23)cn1. The number of nitrogens with one attached hydrogen (secondary N) is 3. The van der Waals surface area contributed by atoms with Gasteiger partial charge < -0.3 is 15.2 Å². The second-order valence-electron chi connectivity index (χ2n) is 7.64. The molecule has 3 aromatic heterocycles. The molecule has 4 aromatic rings.